The van der Waals surface area contributed by atoms with E-state index >= 15 is 0 Å². The van der Waals surface area contributed by atoms with Crippen LogP contribution in [-0.4, -0.2) is 35.3 Å². The molecule has 2 unspecified atom stereocenters. The van der Waals surface area contributed by atoms with E-state index in [0.717, 1.165) is 12.0 Å². The number of carbonyl (C=O) groups excluding carboxylic acids is 2. The number of carboxylic acids is 1. The molecule has 1 saturated heterocycles. The second kappa shape index (κ2) is 9.53. The Labute approximate surface area is 178 Å². The zero-order valence-electron chi connectivity index (χ0n) is 16.3. The van der Waals surface area contributed by atoms with Crippen molar-refractivity contribution in [1.29, 1.82) is 5.41 Å². The SMILES string of the molecule is N=C(N)c1ccc(N2CCCC(CC(=O)NC(CC(=O)O)c3ccsc3)C2=O)cc1. The van der Waals surface area contributed by atoms with Crippen molar-refractivity contribution < 1.29 is 19.5 Å². The molecule has 0 saturated carbocycles. The average molecular weight is 429 g/mol. The van der Waals surface area contributed by atoms with Crippen LogP contribution in [0.4, 0.5) is 5.69 Å². The molecule has 0 aliphatic carbocycles. The number of carbonyl (C=O) groups is 3. The van der Waals surface area contributed by atoms with Gasteiger partial charge in [0.1, 0.15) is 5.84 Å². The summed E-state index contributed by atoms with van der Waals surface area (Å²) in [7, 11) is 0. The minimum Gasteiger partial charge on any atom is -0.481 e. The summed E-state index contributed by atoms with van der Waals surface area (Å²) in [6.45, 7) is 0.562. The van der Waals surface area contributed by atoms with Crippen molar-refractivity contribution in [3.05, 3.63) is 52.2 Å². The number of rotatable bonds is 8. The lowest BCUT2D eigenvalue weighted by atomic mass is 9.92. The first-order chi connectivity index (χ1) is 14.3. The molecule has 2 amide bonds. The summed E-state index contributed by atoms with van der Waals surface area (Å²) in [5.41, 5.74) is 7.51. The minimum atomic E-state index is -1.000. The van der Waals surface area contributed by atoms with Crippen molar-refractivity contribution in [2.24, 2.45) is 11.7 Å². The third-order valence-corrected chi connectivity index (χ3v) is 5.83. The van der Waals surface area contributed by atoms with Crippen molar-refractivity contribution >= 4 is 40.6 Å². The molecule has 1 aliphatic rings. The van der Waals surface area contributed by atoms with Gasteiger partial charge in [-0.2, -0.15) is 11.3 Å². The Hall–Kier alpha value is -3.20. The first kappa shape index (κ1) is 21.5. The monoisotopic (exact) mass is 428 g/mol. The predicted molar refractivity (Wildman–Crippen MR) is 115 cm³/mol. The van der Waals surface area contributed by atoms with E-state index in [2.05, 4.69) is 5.32 Å². The van der Waals surface area contributed by atoms with Gasteiger partial charge in [0.15, 0.2) is 0 Å². The Morgan fingerprint density at radius 2 is 2.03 bits per heavy atom. The van der Waals surface area contributed by atoms with Crippen LogP contribution >= 0.6 is 11.3 Å². The number of anilines is 1. The van der Waals surface area contributed by atoms with Crippen molar-refractivity contribution in [1.82, 2.24) is 5.32 Å². The lowest BCUT2D eigenvalue weighted by Crippen LogP contribution is -2.43. The molecular formula is C21H24N4O4S. The molecule has 1 aromatic heterocycles. The van der Waals surface area contributed by atoms with Gasteiger partial charge >= 0.3 is 5.97 Å². The number of aliphatic carboxylic acids is 1. The molecule has 1 aromatic carbocycles. The molecule has 158 valence electrons. The summed E-state index contributed by atoms with van der Waals surface area (Å²) in [5, 5.41) is 23.0. The molecule has 1 aliphatic heterocycles. The normalized spacial score (nSPS) is 17.4. The smallest absolute Gasteiger partial charge is 0.305 e. The first-order valence-corrected chi connectivity index (χ1v) is 10.6. The fraction of sp³-hybridized carbons (Fsp3) is 0.333. The summed E-state index contributed by atoms with van der Waals surface area (Å²) < 4.78 is 0. The second-order valence-corrected chi connectivity index (χ2v) is 8.05. The van der Waals surface area contributed by atoms with Crippen molar-refractivity contribution in [3.8, 4) is 0 Å². The number of amidine groups is 1. The van der Waals surface area contributed by atoms with Crippen LogP contribution in [0.3, 0.4) is 0 Å². The van der Waals surface area contributed by atoms with Gasteiger partial charge in [0.2, 0.25) is 11.8 Å². The van der Waals surface area contributed by atoms with E-state index in [9.17, 15) is 14.4 Å². The Kier molecular flexibility index (Phi) is 6.83. The number of benzene rings is 1. The van der Waals surface area contributed by atoms with Crippen LogP contribution in [0.15, 0.2) is 41.1 Å². The van der Waals surface area contributed by atoms with Gasteiger partial charge < -0.3 is 21.1 Å². The maximum atomic E-state index is 13.0. The van der Waals surface area contributed by atoms with E-state index < -0.39 is 17.9 Å². The number of carboxylic acid groups (broad SMARTS) is 1. The highest BCUT2D eigenvalue weighted by Crippen LogP contribution is 2.27. The molecule has 30 heavy (non-hydrogen) atoms. The summed E-state index contributed by atoms with van der Waals surface area (Å²) in [5.74, 6) is -1.96. The Bertz CT molecular complexity index is 927. The molecule has 1 fully saturated rings. The molecule has 0 spiro atoms. The van der Waals surface area contributed by atoms with Gasteiger partial charge in [-0.05, 0) is 59.5 Å². The molecule has 8 nitrogen and oxygen atoms in total. The first-order valence-electron chi connectivity index (χ1n) is 9.64. The number of hydrogen-bond acceptors (Lipinski definition) is 5. The molecular weight excluding hydrogens is 404 g/mol. The Morgan fingerprint density at radius 1 is 1.30 bits per heavy atom. The number of thiophene rings is 1. The molecule has 2 aromatic rings. The number of hydrogen-bond donors (Lipinski definition) is 4. The van der Waals surface area contributed by atoms with E-state index in [0.29, 0.717) is 24.2 Å². The van der Waals surface area contributed by atoms with E-state index in [1.807, 2.05) is 10.8 Å². The highest BCUT2D eigenvalue weighted by molar-refractivity contribution is 7.08. The predicted octanol–water partition coefficient (Wildman–Crippen LogP) is 2.50. The van der Waals surface area contributed by atoms with Crippen molar-refractivity contribution in [2.75, 3.05) is 11.4 Å². The second-order valence-electron chi connectivity index (χ2n) is 7.27. The van der Waals surface area contributed by atoms with E-state index in [4.69, 9.17) is 16.2 Å². The van der Waals surface area contributed by atoms with Crippen LogP contribution in [0.5, 0.6) is 0 Å². The van der Waals surface area contributed by atoms with Gasteiger partial charge in [0, 0.05) is 30.1 Å². The van der Waals surface area contributed by atoms with Crippen LogP contribution < -0.4 is 16.0 Å². The van der Waals surface area contributed by atoms with Crippen LogP contribution in [0, 0.1) is 11.3 Å². The van der Waals surface area contributed by atoms with Gasteiger partial charge in [0.25, 0.3) is 0 Å². The highest BCUT2D eigenvalue weighted by atomic mass is 32.1. The number of piperidine rings is 1. The molecule has 0 bridgehead atoms. The lowest BCUT2D eigenvalue weighted by molar-refractivity contribution is -0.138. The van der Waals surface area contributed by atoms with Crippen LogP contribution in [-0.2, 0) is 14.4 Å². The number of nitrogens with zero attached hydrogens (tertiary/aromatic N) is 1. The third-order valence-electron chi connectivity index (χ3n) is 5.13. The maximum Gasteiger partial charge on any atom is 0.305 e. The fourth-order valence-electron chi connectivity index (χ4n) is 3.59. The fourth-order valence-corrected chi connectivity index (χ4v) is 4.31. The quantitative estimate of drug-likeness (QED) is 0.378. The number of nitrogen functional groups attached to an aromatic ring is 1. The molecule has 9 heteroatoms. The standard InChI is InChI=1S/C21H24N4O4S/c22-20(23)13-3-5-16(6-4-13)25-8-1-2-14(21(25)29)10-18(26)24-17(11-19(27)28)15-7-9-30-12-15/h3-7,9,12,14,17H,1-2,8,10-11H2,(H3,22,23)(H,24,26)(H,27,28). The molecule has 2 heterocycles. The zero-order valence-corrected chi connectivity index (χ0v) is 17.2. The largest absolute Gasteiger partial charge is 0.481 e. The van der Waals surface area contributed by atoms with Gasteiger partial charge in [-0.1, -0.05) is 0 Å². The summed E-state index contributed by atoms with van der Waals surface area (Å²) in [6, 6.07) is 8.05. The summed E-state index contributed by atoms with van der Waals surface area (Å²) in [6.07, 6.45) is 1.17. The zero-order chi connectivity index (χ0) is 21.7. The molecule has 3 rings (SSSR count). The van der Waals surface area contributed by atoms with Gasteiger partial charge in [-0.25, -0.2) is 0 Å². The maximum absolute atomic E-state index is 13.0. The summed E-state index contributed by atoms with van der Waals surface area (Å²) in [4.78, 5) is 38.4. The Morgan fingerprint density at radius 3 is 2.63 bits per heavy atom. The van der Waals surface area contributed by atoms with E-state index in [-0.39, 0.29) is 30.5 Å². The van der Waals surface area contributed by atoms with Crippen LogP contribution in [0.25, 0.3) is 0 Å². The number of amides is 2. The molecule has 2 atom stereocenters. The molecule has 5 N–H and O–H groups in total. The van der Waals surface area contributed by atoms with E-state index in [1.165, 1.54) is 11.3 Å². The third kappa shape index (κ3) is 5.24. The van der Waals surface area contributed by atoms with Crippen molar-refractivity contribution in [2.45, 2.75) is 31.7 Å². The van der Waals surface area contributed by atoms with Crippen LogP contribution in [0.2, 0.25) is 0 Å². The number of nitrogens with two attached hydrogens (primary N) is 1. The van der Waals surface area contributed by atoms with E-state index in [1.54, 1.807) is 35.2 Å². The van der Waals surface area contributed by atoms with Gasteiger partial charge in [-0.3, -0.25) is 19.8 Å². The van der Waals surface area contributed by atoms with Gasteiger partial charge in [0.05, 0.1) is 12.5 Å². The highest BCUT2D eigenvalue weighted by Gasteiger charge is 2.32. The number of nitrogens with one attached hydrogen (secondary N) is 2. The topological polar surface area (TPSA) is 137 Å². The molecule has 0 radical (unpaired) electrons. The van der Waals surface area contributed by atoms with Crippen molar-refractivity contribution in [3.63, 3.8) is 0 Å². The Balaban J connectivity index is 1.65. The summed E-state index contributed by atoms with van der Waals surface area (Å²) >= 11 is 1.43. The average Bonchev–Trinajstić information content (AvgIpc) is 3.24. The lowest BCUT2D eigenvalue weighted by Gasteiger charge is -2.32. The van der Waals surface area contributed by atoms with Gasteiger partial charge in [-0.15, -0.1) is 0 Å². The van der Waals surface area contributed by atoms with Crippen LogP contribution in [0.1, 0.15) is 42.9 Å². The minimum absolute atomic E-state index is 0.0150.